The van der Waals surface area contributed by atoms with Gasteiger partial charge < -0.3 is 16.0 Å². The molecule has 25 heavy (non-hydrogen) atoms. The molecule has 0 bridgehead atoms. The molecule has 1 fully saturated rings. The second-order valence-corrected chi connectivity index (χ2v) is 7.02. The lowest BCUT2D eigenvalue weighted by Gasteiger charge is -2.28. The van der Waals surface area contributed by atoms with Crippen LogP contribution >= 0.6 is 0 Å². The Morgan fingerprint density at radius 3 is 2.28 bits per heavy atom. The van der Waals surface area contributed by atoms with Gasteiger partial charge in [0, 0.05) is 30.8 Å². The first-order valence-electron chi connectivity index (χ1n) is 9.47. The first-order chi connectivity index (χ1) is 12.0. The van der Waals surface area contributed by atoms with Crippen LogP contribution in [0.2, 0.25) is 0 Å². The van der Waals surface area contributed by atoms with Crippen LogP contribution in [0.15, 0.2) is 24.3 Å². The van der Waals surface area contributed by atoms with E-state index in [9.17, 15) is 9.59 Å². The molecule has 1 aromatic rings. The van der Waals surface area contributed by atoms with Gasteiger partial charge in [0.25, 0.3) is 11.8 Å². The van der Waals surface area contributed by atoms with E-state index in [0.717, 1.165) is 51.6 Å². The maximum Gasteiger partial charge on any atom is 0.253 e. The maximum atomic E-state index is 12.7. The summed E-state index contributed by atoms with van der Waals surface area (Å²) in [6, 6.07) is 7.03. The van der Waals surface area contributed by atoms with Crippen molar-refractivity contribution in [1.82, 2.24) is 10.2 Å². The van der Waals surface area contributed by atoms with Gasteiger partial charge in [0.05, 0.1) is 5.54 Å². The van der Waals surface area contributed by atoms with Gasteiger partial charge in [-0.05, 0) is 43.9 Å². The van der Waals surface area contributed by atoms with E-state index in [-0.39, 0.29) is 17.4 Å². The molecule has 0 spiro atoms. The Morgan fingerprint density at radius 2 is 1.72 bits per heavy atom. The van der Waals surface area contributed by atoms with Gasteiger partial charge in [-0.2, -0.15) is 0 Å². The summed E-state index contributed by atoms with van der Waals surface area (Å²) in [7, 11) is 0. The lowest BCUT2D eigenvalue weighted by Crippen LogP contribution is -2.51. The van der Waals surface area contributed by atoms with Crippen LogP contribution in [0, 0.1) is 0 Å². The summed E-state index contributed by atoms with van der Waals surface area (Å²) in [6.07, 6.45) is 5.89. The number of carbonyl (C=O) groups excluding carboxylic acids is 2. The fourth-order valence-electron chi connectivity index (χ4n) is 3.58. The van der Waals surface area contributed by atoms with Crippen LogP contribution in [0.1, 0.15) is 73.1 Å². The van der Waals surface area contributed by atoms with Crippen molar-refractivity contribution in [1.29, 1.82) is 0 Å². The minimum atomic E-state index is -0.284. The average molecular weight is 345 g/mol. The van der Waals surface area contributed by atoms with Crippen LogP contribution in [-0.4, -0.2) is 41.9 Å². The van der Waals surface area contributed by atoms with Gasteiger partial charge in [-0.15, -0.1) is 0 Å². The smallest absolute Gasteiger partial charge is 0.253 e. The molecular formula is C20H31N3O2. The van der Waals surface area contributed by atoms with Gasteiger partial charge in [-0.3, -0.25) is 9.59 Å². The molecule has 0 saturated heterocycles. The third-order valence-corrected chi connectivity index (χ3v) is 4.98. The van der Waals surface area contributed by atoms with Crippen molar-refractivity contribution >= 4 is 11.8 Å². The highest BCUT2D eigenvalue weighted by Crippen LogP contribution is 2.29. The average Bonchev–Trinajstić information content (AvgIpc) is 3.10. The first kappa shape index (κ1) is 19.4. The van der Waals surface area contributed by atoms with E-state index >= 15 is 0 Å². The minimum Gasteiger partial charge on any atom is -0.345 e. The quantitative estimate of drug-likeness (QED) is 0.760. The molecule has 138 valence electrons. The van der Waals surface area contributed by atoms with Crippen molar-refractivity contribution in [2.24, 2.45) is 5.73 Å². The summed E-state index contributed by atoms with van der Waals surface area (Å²) in [5.41, 5.74) is 6.72. The summed E-state index contributed by atoms with van der Waals surface area (Å²) < 4.78 is 0. The van der Waals surface area contributed by atoms with E-state index in [0.29, 0.717) is 17.7 Å². The Hall–Kier alpha value is -1.88. The molecule has 1 saturated carbocycles. The second kappa shape index (κ2) is 8.99. The van der Waals surface area contributed by atoms with Crippen LogP contribution < -0.4 is 11.1 Å². The van der Waals surface area contributed by atoms with Crippen molar-refractivity contribution in [2.75, 3.05) is 19.6 Å². The monoisotopic (exact) mass is 345 g/mol. The number of hydrogen-bond acceptors (Lipinski definition) is 3. The largest absolute Gasteiger partial charge is 0.345 e. The molecular weight excluding hydrogens is 314 g/mol. The summed E-state index contributed by atoms with van der Waals surface area (Å²) in [5.74, 6) is -0.146. The highest BCUT2D eigenvalue weighted by atomic mass is 16.2. The van der Waals surface area contributed by atoms with E-state index < -0.39 is 0 Å². The van der Waals surface area contributed by atoms with Crippen molar-refractivity contribution in [3.8, 4) is 0 Å². The van der Waals surface area contributed by atoms with Gasteiger partial charge in [-0.1, -0.05) is 32.8 Å². The Bertz CT molecular complexity index is 588. The van der Waals surface area contributed by atoms with E-state index in [4.69, 9.17) is 5.73 Å². The third-order valence-electron chi connectivity index (χ3n) is 4.98. The van der Waals surface area contributed by atoms with E-state index in [1.54, 1.807) is 24.3 Å². The third kappa shape index (κ3) is 4.82. The molecule has 1 aliphatic carbocycles. The molecule has 3 N–H and O–H groups in total. The Morgan fingerprint density at radius 1 is 1.12 bits per heavy atom. The second-order valence-electron chi connectivity index (χ2n) is 7.02. The van der Waals surface area contributed by atoms with Crippen molar-refractivity contribution in [2.45, 2.75) is 57.9 Å². The van der Waals surface area contributed by atoms with Crippen molar-refractivity contribution in [3.63, 3.8) is 0 Å². The molecule has 2 rings (SSSR count). The number of amides is 2. The van der Waals surface area contributed by atoms with Crippen molar-refractivity contribution in [3.05, 3.63) is 35.4 Å². The predicted octanol–water partition coefficient (Wildman–Crippen LogP) is 2.95. The molecule has 2 amide bonds. The lowest BCUT2D eigenvalue weighted by molar-refractivity contribution is 0.0755. The highest BCUT2D eigenvalue weighted by molar-refractivity contribution is 6.00. The summed E-state index contributed by atoms with van der Waals surface area (Å²) in [5, 5.41) is 3.12. The number of carbonyl (C=O) groups is 2. The Balaban J connectivity index is 2.14. The summed E-state index contributed by atoms with van der Waals surface area (Å²) in [6.45, 7) is 6.05. The van der Waals surface area contributed by atoms with E-state index in [1.165, 1.54) is 0 Å². The van der Waals surface area contributed by atoms with Gasteiger partial charge in [0.2, 0.25) is 0 Å². The molecule has 0 aromatic heterocycles. The molecule has 1 aliphatic rings. The predicted molar refractivity (Wildman–Crippen MR) is 101 cm³/mol. The van der Waals surface area contributed by atoms with Gasteiger partial charge >= 0.3 is 0 Å². The number of hydrogen-bond donors (Lipinski definition) is 2. The maximum absolute atomic E-state index is 12.7. The zero-order valence-corrected chi connectivity index (χ0v) is 15.5. The van der Waals surface area contributed by atoms with E-state index in [2.05, 4.69) is 19.2 Å². The first-order valence-corrected chi connectivity index (χ1v) is 9.47. The van der Waals surface area contributed by atoms with Gasteiger partial charge in [0.15, 0.2) is 0 Å². The minimum absolute atomic E-state index is 0.00671. The fraction of sp³-hybridized carbons (Fsp3) is 0.600. The summed E-state index contributed by atoms with van der Waals surface area (Å²) in [4.78, 5) is 27.3. The number of nitrogens with zero attached hydrogens (tertiary/aromatic N) is 1. The standard InChI is InChI=1S/C20H31N3O2/c1-3-12-23(13-4-2)19(25)17-9-7-8-16(14-17)18(24)22-20(15-21)10-5-6-11-20/h7-9,14H,3-6,10-13,15,21H2,1-2H3,(H,22,24). The summed E-state index contributed by atoms with van der Waals surface area (Å²) >= 11 is 0. The fourth-order valence-corrected chi connectivity index (χ4v) is 3.58. The molecule has 0 atom stereocenters. The molecule has 0 unspecified atom stereocenters. The SMILES string of the molecule is CCCN(CCC)C(=O)c1cccc(C(=O)NC2(CN)CCCC2)c1. The molecule has 5 nitrogen and oxygen atoms in total. The number of nitrogens with one attached hydrogen (secondary N) is 1. The number of benzene rings is 1. The van der Waals surface area contributed by atoms with Gasteiger partial charge in [0.1, 0.15) is 0 Å². The molecule has 1 aromatic carbocycles. The molecule has 5 heteroatoms. The van der Waals surface area contributed by atoms with Gasteiger partial charge in [-0.25, -0.2) is 0 Å². The highest BCUT2D eigenvalue weighted by Gasteiger charge is 2.34. The normalized spacial score (nSPS) is 15.8. The van der Waals surface area contributed by atoms with Crippen LogP contribution in [0.25, 0.3) is 0 Å². The number of rotatable bonds is 8. The zero-order valence-electron chi connectivity index (χ0n) is 15.5. The lowest BCUT2D eigenvalue weighted by atomic mass is 9.97. The molecule has 0 heterocycles. The van der Waals surface area contributed by atoms with Crippen LogP contribution in [-0.2, 0) is 0 Å². The number of nitrogens with two attached hydrogens (primary N) is 1. The Labute approximate surface area is 151 Å². The van der Waals surface area contributed by atoms with Crippen LogP contribution in [0.3, 0.4) is 0 Å². The van der Waals surface area contributed by atoms with Crippen LogP contribution in [0.5, 0.6) is 0 Å². The zero-order chi connectivity index (χ0) is 18.3. The molecule has 0 radical (unpaired) electrons. The topological polar surface area (TPSA) is 75.4 Å². The Kier molecular flexibility index (Phi) is 7.00. The molecule has 0 aliphatic heterocycles. The van der Waals surface area contributed by atoms with E-state index in [1.807, 2.05) is 4.90 Å². The van der Waals surface area contributed by atoms with Crippen LogP contribution in [0.4, 0.5) is 0 Å². The van der Waals surface area contributed by atoms with Crippen molar-refractivity contribution < 1.29 is 9.59 Å².